The van der Waals surface area contributed by atoms with E-state index in [0.29, 0.717) is 31.0 Å². The Labute approximate surface area is 113 Å². The first-order chi connectivity index (χ1) is 9.13. The van der Waals surface area contributed by atoms with Crippen molar-refractivity contribution in [3.8, 4) is 0 Å². The maximum Gasteiger partial charge on any atom is 0.319 e. The van der Waals surface area contributed by atoms with Crippen molar-refractivity contribution in [3.05, 3.63) is 29.8 Å². The number of anilines is 1. The zero-order valence-electron chi connectivity index (χ0n) is 11.4. The Morgan fingerprint density at radius 2 is 2.11 bits per heavy atom. The van der Waals surface area contributed by atoms with E-state index >= 15 is 0 Å². The second kappa shape index (κ2) is 8.26. The summed E-state index contributed by atoms with van der Waals surface area (Å²) < 4.78 is 5.17. The summed E-state index contributed by atoms with van der Waals surface area (Å²) in [7, 11) is 0. The number of carbonyl (C=O) groups excluding carboxylic acids is 2. The Morgan fingerprint density at radius 3 is 2.79 bits per heavy atom. The second-order valence-corrected chi connectivity index (χ2v) is 4.07. The van der Waals surface area contributed by atoms with Gasteiger partial charge in [0.25, 0.3) is 0 Å². The van der Waals surface area contributed by atoms with Crippen LogP contribution in [0.15, 0.2) is 24.3 Å². The maximum atomic E-state index is 11.6. The first kappa shape index (κ1) is 15.2. The summed E-state index contributed by atoms with van der Waals surface area (Å²) in [6.45, 7) is 5.30. The van der Waals surface area contributed by atoms with Gasteiger partial charge in [0.2, 0.25) is 0 Å². The van der Waals surface area contributed by atoms with Gasteiger partial charge in [-0.05, 0) is 32.4 Å². The van der Waals surface area contributed by atoms with Crippen LogP contribution in [-0.4, -0.2) is 31.6 Å². The predicted molar refractivity (Wildman–Crippen MR) is 74.6 cm³/mol. The molecular weight excluding hydrogens is 244 g/mol. The molecule has 104 valence electrons. The van der Waals surface area contributed by atoms with E-state index in [9.17, 15) is 9.59 Å². The summed E-state index contributed by atoms with van der Waals surface area (Å²) >= 11 is 0. The summed E-state index contributed by atoms with van der Waals surface area (Å²) in [5, 5.41) is 5.41. The highest BCUT2D eigenvalue weighted by Gasteiger charge is 2.03. The number of ketones is 1. The predicted octanol–water partition coefficient (Wildman–Crippen LogP) is 2.44. The van der Waals surface area contributed by atoms with E-state index in [1.54, 1.807) is 24.3 Å². The third-order valence-corrected chi connectivity index (χ3v) is 2.48. The minimum absolute atomic E-state index is 0.0271. The van der Waals surface area contributed by atoms with Gasteiger partial charge in [-0.25, -0.2) is 4.79 Å². The van der Waals surface area contributed by atoms with Gasteiger partial charge in [0.15, 0.2) is 5.78 Å². The summed E-state index contributed by atoms with van der Waals surface area (Å²) in [6.07, 6.45) is 0.773. The van der Waals surface area contributed by atoms with Crippen LogP contribution in [0.1, 0.15) is 30.6 Å². The number of ether oxygens (including phenoxy) is 1. The number of hydrogen-bond donors (Lipinski definition) is 2. The number of benzene rings is 1. The molecule has 0 atom stereocenters. The zero-order valence-corrected chi connectivity index (χ0v) is 11.4. The highest BCUT2D eigenvalue weighted by Crippen LogP contribution is 2.10. The van der Waals surface area contributed by atoms with Gasteiger partial charge in [0.1, 0.15) is 0 Å². The molecule has 0 radical (unpaired) electrons. The Kier molecular flexibility index (Phi) is 6.60. The summed E-state index contributed by atoms with van der Waals surface area (Å²) in [5.74, 6) is -0.0271. The molecule has 1 rings (SSSR count). The SMILES string of the molecule is CCOCCCNC(=O)Nc1cccc(C(C)=O)c1. The zero-order chi connectivity index (χ0) is 14.1. The van der Waals surface area contributed by atoms with Crippen molar-refractivity contribution in [3.63, 3.8) is 0 Å². The second-order valence-electron chi connectivity index (χ2n) is 4.07. The number of rotatable bonds is 7. The fraction of sp³-hybridized carbons (Fsp3) is 0.429. The van der Waals surface area contributed by atoms with Crippen molar-refractivity contribution >= 4 is 17.5 Å². The molecule has 0 heterocycles. The summed E-state index contributed by atoms with van der Waals surface area (Å²) in [4.78, 5) is 22.8. The Bertz CT molecular complexity index is 432. The minimum atomic E-state index is -0.280. The molecule has 5 nitrogen and oxygen atoms in total. The molecule has 19 heavy (non-hydrogen) atoms. The fourth-order valence-electron chi connectivity index (χ4n) is 1.51. The van der Waals surface area contributed by atoms with E-state index in [1.807, 2.05) is 6.92 Å². The van der Waals surface area contributed by atoms with Gasteiger partial charge in [-0.1, -0.05) is 12.1 Å². The van der Waals surface area contributed by atoms with Crippen molar-refractivity contribution in [1.29, 1.82) is 0 Å². The number of nitrogens with one attached hydrogen (secondary N) is 2. The number of amides is 2. The van der Waals surface area contributed by atoms with Crippen LogP contribution in [-0.2, 0) is 4.74 Å². The maximum absolute atomic E-state index is 11.6. The quantitative estimate of drug-likeness (QED) is 0.587. The highest BCUT2D eigenvalue weighted by atomic mass is 16.5. The lowest BCUT2D eigenvalue weighted by Crippen LogP contribution is -2.30. The van der Waals surface area contributed by atoms with Crippen LogP contribution in [0.4, 0.5) is 10.5 Å². The van der Waals surface area contributed by atoms with Crippen LogP contribution in [0.3, 0.4) is 0 Å². The Hall–Kier alpha value is -1.88. The van der Waals surface area contributed by atoms with E-state index < -0.39 is 0 Å². The van der Waals surface area contributed by atoms with E-state index in [4.69, 9.17) is 4.74 Å². The summed E-state index contributed by atoms with van der Waals surface area (Å²) in [5.41, 5.74) is 1.18. The molecule has 0 unspecified atom stereocenters. The molecule has 2 amide bonds. The topological polar surface area (TPSA) is 67.4 Å². The van der Waals surface area contributed by atoms with E-state index in [2.05, 4.69) is 10.6 Å². The molecule has 0 spiro atoms. The van der Waals surface area contributed by atoms with Crippen LogP contribution in [0.5, 0.6) is 0 Å². The van der Waals surface area contributed by atoms with E-state index in [-0.39, 0.29) is 11.8 Å². The van der Waals surface area contributed by atoms with Crippen molar-refractivity contribution in [2.45, 2.75) is 20.3 Å². The lowest BCUT2D eigenvalue weighted by Gasteiger charge is -2.08. The lowest BCUT2D eigenvalue weighted by atomic mass is 10.1. The number of carbonyl (C=O) groups is 2. The fourth-order valence-corrected chi connectivity index (χ4v) is 1.51. The number of hydrogen-bond acceptors (Lipinski definition) is 3. The standard InChI is InChI=1S/C14H20N2O3/c1-3-19-9-5-8-15-14(18)16-13-7-4-6-12(10-13)11(2)17/h4,6-7,10H,3,5,8-9H2,1-2H3,(H2,15,16,18). The van der Waals surface area contributed by atoms with Gasteiger partial charge >= 0.3 is 6.03 Å². The first-order valence-corrected chi connectivity index (χ1v) is 6.37. The molecule has 0 aromatic heterocycles. The van der Waals surface area contributed by atoms with Gasteiger partial charge < -0.3 is 15.4 Å². The van der Waals surface area contributed by atoms with Crippen LogP contribution in [0, 0.1) is 0 Å². The molecule has 0 saturated heterocycles. The average Bonchev–Trinajstić information content (AvgIpc) is 2.38. The van der Waals surface area contributed by atoms with Gasteiger partial charge in [0.05, 0.1) is 0 Å². The normalized spacial score (nSPS) is 10.0. The third kappa shape index (κ3) is 6.01. The highest BCUT2D eigenvalue weighted by molar-refractivity contribution is 5.96. The average molecular weight is 264 g/mol. The molecule has 2 N–H and O–H groups in total. The van der Waals surface area contributed by atoms with E-state index in [0.717, 1.165) is 6.42 Å². The first-order valence-electron chi connectivity index (χ1n) is 6.37. The molecule has 0 aliphatic heterocycles. The monoisotopic (exact) mass is 264 g/mol. The lowest BCUT2D eigenvalue weighted by molar-refractivity contribution is 0.101. The van der Waals surface area contributed by atoms with Crippen LogP contribution in [0.2, 0.25) is 0 Å². The van der Waals surface area contributed by atoms with Gasteiger partial charge in [0, 0.05) is 31.0 Å². The summed E-state index contributed by atoms with van der Waals surface area (Å²) in [6, 6.07) is 6.57. The van der Waals surface area contributed by atoms with Crippen LogP contribution in [0.25, 0.3) is 0 Å². The van der Waals surface area contributed by atoms with E-state index in [1.165, 1.54) is 6.92 Å². The van der Waals surface area contributed by atoms with Gasteiger partial charge in [-0.15, -0.1) is 0 Å². The molecule has 1 aromatic carbocycles. The smallest absolute Gasteiger partial charge is 0.319 e. The molecule has 0 fully saturated rings. The van der Waals surface area contributed by atoms with Gasteiger partial charge in [-0.2, -0.15) is 0 Å². The largest absolute Gasteiger partial charge is 0.382 e. The van der Waals surface area contributed by atoms with Crippen molar-refractivity contribution in [1.82, 2.24) is 5.32 Å². The van der Waals surface area contributed by atoms with Gasteiger partial charge in [-0.3, -0.25) is 4.79 Å². The molecule has 1 aromatic rings. The molecule has 0 aliphatic rings. The Morgan fingerprint density at radius 1 is 1.32 bits per heavy atom. The van der Waals surface area contributed by atoms with Crippen LogP contribution >= 0.6 is 0 Å². The van der Waals surface area contributed by atoms with Crippen molar-refractivity contribution < 1.29 is 14.3 Å². The molecule has 0 aliphatic carbocycles. The third-order valence-electron chi connectivity index (χ3n) is 2.48. The number of Topliss-reactive ketones (excluding diaryl/α,β-unsaturated/α-hetero) is 1. The molecule has 5 heteroatoms. The van der Waals surface area contributed by atoms with Crippen LogP contribution < -0.4 is 10.6 Å². The molecular formula is C14H20N2O3. The van der Waals surface area contributed by atoms with Crippen molar-refractivity contribution in [2.24, 2.45) is 0 Å². The molecule has 0 saturated carbocycles. The Balaban J connectivity index is 2.35. The van der Waals surface area contributed by atoms with Crippen molar-refractivity contribution in [2.75, 3.05) is 25.1 Å². The minimum Gasteiger partial charge on any atom is -0.382 e. The number of urea groups is 1. The molecule has 0 bridgehead atoms.